The summed E-state index contributed by atoms with van der Waals surface area (Å²) >= 11 is 1.36. The second kappa shape index (κ2) is 10.3. The molecular weight excluding hydrogens is 431 g/mol. The van der Waals surface area contributed by atoms with Gasteiger partial charge in [0, 0.05) is 12.2 Å². The van der Waals surface area contributed by atoms with Crippen molar-refractivity contribution in [2.45, 2.75) is 18.2 Å². The second-order valence-corrected chi connectivity index (χ2v) is 7.08. The van der Waals surface area contributed by atoms with Crippen molar-refractivity contribution in [3.8, 4) is 17.2 Å². The first kappa shape index (κ1) is 22.5. The molecule has 3 rings (SSSR count). The fraction of sp³-hybridized carbons (Fsp3) is 0.238. The van der Waals surface area contributed by atoms with Crippen LogP contribution in [0.3, 0.4) is 0 Å². The maximum absolute atomic E-state index is 13.3. The van der Waals surface area contributed by atoms with E-state index in [2.05, 4.69) is 15.0 Å². The van der Waals surface area contributed by atoms with E-state index in [1.807, 2.05) is 6.26 Å². The van der Waals surface area contributed by atoms with Crippen LogP contribution in [-0.4, -0.2) is 42.0 Å². The van der Waals surface area contributed by atoms with Gasteiger partial charge < -0.3 is 14.8 Å². The molecule has 6 nitrogen and oxygen atoms in total. The Hall–Kier alpha value is -3.14. The molecule has 0 saturated carbocycles. The molecule has 0 radical (unpaired) electrons. The zero-order valence-corrected chi connectivity index (χ0v) is 17.6. The largest absolute Gasteiger partial charge is 0.493 e. The molecule has 164 valence electrons. The molecule has 0 bridgehead atoms. The van der Waals surface area contributed by atoms with Crippen LogP contribution >= 0.6 is 11.8 Å². The van der Waals surface area contributed by atoms with Crippen molar-refractivity contribution >= 4 is 17.7 Å². The average molecular weight is 451 g/mol. The van der Waals surface area contributed by atoms with Gasteiger partial charge in [-0.15, -0.1) is 0 Å². The summed E-state index contributed by atoms with van der Waals surface area (Å²) in [7, 11) is 1.36. The molecule has 0 aliphatic carbocycles. The highest BCUT2D eigenvalue weighted by molar-refractivity contribution is 7.98. The standard InChI is InChI=1S/C21H20F3N3O3S/c1-29-18-11-13(3-8-17(18)30-20(23)24)9-10-25-19(28)16-12-26-21(31-2)27(16)15-6-4-14(22)5-7-15/h3-8,11-12,20H,9-10H2,1-2H3,(H,25,28). The minimum atomic E-state index is -2.95. The van der Waals surface area contributed by atoms with Gasteiger partial charge >= 0.3 is 6.61 Å². The quantitative estimate of drug-likeness (QED) is 0.491. The summed E-state index contributed by atoms with van der Waals surface area (Å²) in [6.45, 7) is -2.66. The van der Waals surface area contributed by atoms with E-state index in [1.54, 1.807) is 28.8 Å². The van der Waals surface area contributed by atoms with Crippen molar-refractivity contribution < 1.29 is 27.4 Å². The van der Waals surface area contributed by atoms with Crippen LogP contribution in [0.4, 0.5) is 13.2 Å². The fourth-order valence-electron chi connectivity index (χ4n) is 2.95. The normalized spacial score (nSPS) is 10.9. The zero-order valence-electron chi connectivity index (χ0n) is 16.8. The highest BCUT2D eigenvalue weighted by Gasteiger charge is 2.18. The van der Waals surface area contributed by atoms with E-state index < -0.39 is 6.61 Å². The molecule has 2 aromatic carbocycles. The molecule has 0 fully saturated rings. The SMILES string of the molecule is COc1cc(CCNC(=O)c2cnc(SC)n2-c2ccc(F)cc2)ccc1OC(F)F. The van der Waals surface area contributed by atoms with Crippen LogP contribution in [0, 0.1) is 5.82 Å². The first-order valence-electron chi connectivity index (χ1n) is 9.20. The van der Waals surface area contributed by atoms with Crippen LogP contribution < -0.4 is 14.8 Å². The van der Waals surface area contributed by atoms with E-state index in [0.29, 0.717) is 29.5 Å². The fourth-order valence-corrected chi connectivity index (χ4v) is 3.49. The first-order chi connectivity index (χ1) is 14.9. The van der Waals surface area contributed by atoms with Crippen LogP contribution in [-0.2, 0) is 6.42 Å². The van der Waals surface area contributed by atoms with Gasteiger partial charge in [0.1, 0.15) is 11.5 Å². The molecule has 1 N–H and O–H groups in total. The number of benzene rings is 2. The topological polar surface area (TPSA) is 65.4 Å². The number of hydrogen-bond donors (Lipinski definition) is 1. The van der Waals surface area contributed by atoms with Crippen LogP contribution in [0.5, 0.6) is 11.5 Å². The molecule has 10 heteroatoms. The van der Waals surface area contributed by atoms with Gasteiger partial charge in [-0.05, 0) is 54.6 Å². The van der Waals surface area contributed by atoms with Crippen molar-refractivity contribution in [2.24, 2.45) is 0 Å². The molecule has 0 aliphatic heterocycles. The van der Waals surface area contributed by atoms with Crippen molar-refractivity contribution in [3.05, 3.63) is 65.7 Å². The molecule has 0 aliphatic rings. The lowest BCUT2D eigenvalue weighted by molar-refractivity contribution is -0.0512. The van der Waals surface area contributed by atoms with Gasteiger partial charge in [-0.2, -0.15) is 8.78 Å². The smallest absolute Gasteiger partial charge is 0.387 e. The first-order valence-corrected chi connectivity index (χ1v) is 10.4. The third-order valence-electron chi connectivity index (χ3n) is 4.37. The highest BCUT2D eigenvalue weighted by atomic mass is 32.2. The number of nitrogens with one attached hydrogen (secondary N) is 1. The van der Waals surface area contributed by atoms with Gasteiger partial charge in [0.15, 0.2) is 16.7 Å². The van der Waals surface area contributed by atoms with Gasteiger partial charge in [0.25, 0.3) is 5.91 Å². The number of carbonyl (C=O) groups is 1. The summed E-state index contributed by atoms with van der Waals surface area (Å²) in [5, 5.41) is 3.41. The van der Waals surface area contributed by atoms with E-state index in [9.17, 15) is 18.0 Å². The van der Waals surface area contributed by atoms with Gasteiger partial charge in [-0.1, -0.05) is 17.8 Å². The van der Waals surface area contributed by atoms with Crippen molar-refractivity contribution in [3.63, 3.8) is 0 Å². The molecule has 0 saturated heterocycles. The molecule has 3 aromatic rings. The number of hydrogen-bond acceptors (Lipinski definition) is 5. The minimum absolute atomic E-state index is 0.0573. The van der Waals surface area contributed by atoms with Crippen molar-refractivity contribution in [2.75, 3.05) is 19.9 Å². The Labute approximate surface area is 181 Å². The summed E-state index contributed by atoms with van der Waals surface area (Å²) in [4.78, 5) is 17.0. The van der Waals surface area contributed by atoms with E-state index >= 15 is 0 Å². The van der Waals surface area contributed by atoms with Gasteiger partial charge in [0.05, 0.1) is 13.3 Å². The summed E-state index contributed by atoms with van der Waals surface area (Å²) in [5.74, 6) is -0.594. The number of amides is 1. The number of halogens is 3. The third-order valence-corrected chi connectivity index (χ3v) is 5.03. The maximum atomic E-state index is 13.3. The van der Waals surface area contributed by atoms with E-state index in [4.69, 9.17) is 4.74 Å². The minimum Gasteiger partial charge on any atom is -0.493 e. The number of rotatable bonds is 9. The monoisotopic (exact) mass is 451 g/mol. The lowest BCUT2D eigenvalue weighted by atomic mass is 10.1. The Kier molecular flexibility index (Phi) is 7.45. The van der Waals surface area contributed by atoms with Crippen LogP contribution in [0.1, 0.15) is 16.1 Å². The molecule has 0 unspecified atom stereocenters. The number of methoxy groups -OCH3 is 1. The molecule has 0 spiro atoms. The van der Waals surface area contributed by atoms with E-state index in [-0.39, 0.29) is 23.2 Å². The Morgan fingerprint density at radius 1 is 1.19 bits per heavy atom. The summed E-state index contributed by atoms with van der Waals surface area (Å²) < 4.78 is 49.3. The highest BCUT2D eigenvalue weighted by Crippen LogP contribution is 2.29. The average Bonchev–Trinajstić information content (AvgIpc) is 3.19. The number of carbonyl (C=O) groups excluding carboxylic acids is 1. The van der Waals surface area contributed by atoms with Crippen molar-refractivity contribution in [1.29, 1.82) is 0 Å². The van der Waals surface area contributed by atoms with Gasteiger partial charge in [-0.3, -0.25) is 9.36 Å². The lowest BCUT2D eigenvalue weighted by Crippen LogP contribution is -2.27. The number of ether oxygens (including phenoxy) is 2. The van der Waals surface area contributed by atoms with Gasteiger partial charge in [-0.25, -0.2) is 9.37 Å². The Balaban J connectivity index is 1.69. The summed E-state index contributed by atoms with van der Waals surface area (Å²) in [6, 6.07) is 10.4. The second-order valence-electron chi connectivity index (χ2n) is 6.31. The predicted molar refractivity (Wildman–Crippen MR) is 111 cm³/mol. The Morgan fingerprint density at radius 3 is 2.58 bits per heavy atom. The Bertz CT molecular complexity index is 1040. The van der Waals surface area contributed by atoms with Gasteiger partial charge in [0.2, 0.25) is 0 Å². The third kappa shape index (κ3) is 5.52. The molecule has 1 aromatic heterocycles. The lowest BCUT2D eigenvalue weighted by Gasteiger charge is -2.13. The number of alkyl halides is 2. The number of nitrogens with zero attached hydrogens (tertiary/aromatic N) is 2. The van der Waals surface area contributed by atoms with E-state index in [1.165, 1.54) is 43.3 Å². The molecule has 0 atom stereocenters. The summed E-state index contributed by atoms with van der Waals surface area (Å²) in [6.07, 6.45) is 3.74. The number of aromatic nitrogens is 2. The zero-order chi connectivity index (χ0) is 22.4. The number of imidazole rings is 1. The molecule has 1 amide bonds. The molecular formula is C21H20F3N3O3S. The van der Waals surface area contributed by atoms with Crippen LogP contribution in [0.2, 0.25) is 0 Å². The summed E-state index contributed by atoms with van der Waals surface area (Å²) in [5.41, 5.74) is 1.71. The van der Waals surface area contributed by atoms with E-state index in [0.717, 1.165) is 5.56 Å². The van der Waals surface area contributed by atoms with Crippen LogP contribution in [0.15, 0.2) is 53.8 Å². The maximum Gasteiger partial charge on any atom is 0.387 e. The Morgan fingerprint density at radius 2 is 1.94 bits per heavy atom. The van der Waals surface area contributed by atoms with Crippen molar-refractivity contribution in [1.82, 2.24) is 14.9 Å². The molecule has 1 heterocycles. The number of thioether (sulfide) groups is 1. The predicted octanol–water partition coefficient (Wildman–Crippen LogP) is 4.32. The molecule has 31 heavy (non-hydrogen) atoms. The van der Waals surface area contributed by atoms with Crippen LogP contribution in [0.25, 0.3) is 5.69 Å².